The SMILES string of the molecule is [B]C1(C)CCCCC2C(CC(=NC)N2C)C1. The van der Waals surface area contributed by atoms with Gasteiger partial charge in [-0.1, -0.05) is 37.9 Å². The van der Waals surface area contributed by atoms with Crippen LogP contribution >= 0.6 is 0 Å². The van der Waals surface area contributed by atoms with E-state index >= 15 is 0 Å². The molecule has 3 heteroatoms. The maximum atomic E-state index is 6.38. The van der Waals surface area contributed by atoms with Gasteiger partial charge in [-0.2, -0.15) is 0 Å². The summed E-state index contributed by atoms with van der Waals surface area (Å²) >= 11 is 0. The molecule has 88 valence electrons. The van der Waals surface area contributed by atoms with Gasteiger partial charge in [0.05, 0.1) is 13.7 Å². The van der Waals surface area contributed by atoms with Crippen molar-refractivity contribution >= 4 is 13.7 Å². The molecule has 0 N–H and O–H groups in total. The van der Waals surface area contributed by atoms with Crippen molar-refractivity contribution in [1.82, 2.24) is 4.90 Å². The zero-order valence-corrected chi connectivity index (χ0v) is 10.9. The smallest absolute Gasteiger partial charge is 0.0989 e. The lowest BCUT2D eigenvalue weighted by Crippen LogP contribution is -2.33. The third kappa shape index (κ3) is 2.28. The van der Waals surface area contributed by atoms with Gasteiger partial charge in [-0.3, -0.25) is 4.99 Å². The topological polar surface area (TPSA) is 15.6 Å². The van der Waals surface area contributed by atoms with Crippen LogP contribution in [-0.2, 0) is 0 Å². The number of likely N-dealkylation sites (tertiary alicyclic amines) is 1. The summed E-state index contributed by atoms with van der Waals surface area (Å²) in [7, 11) is 10.5. The maximum Gasteiger partial charge on any atom is 0.0989 e. The van der Waals surface area contributed by atoms with Gasteiger partial charge in [0.2, 0.25) is 0 Å². The van der Waals surface area contributed by atoms with Crippen LogP contribution in [0.15, 0.2) is 4.99 Å². The van der Waals surface area contributed by atoms with Crippen LogP contribution in [0.1, 0.15) is 45.4 Å². The summed E-state index contributed by atoms with van der Waals surface area (Å²) in [6.45, 7) is 2.22. The highest BCUT2D eigenvalue weighted by atomic mass is 15.2. The van der Waals surface area contributed by atoms with Crippen LogP contribution in [0, 0.1) is 5.92 Å². The molecule has 16 heavy (non-hydrogen) atoms. The van der Waals surface area contributed by atoms with E-state index in [-0.39, 0.29) is 5.31 Å². The lowest BCUT2D eigenvalue weighted by Gasteiger charge is -2.35. The number of nitrogens with zero attached hydrogens (tertiary/aromatic N) is 2. The molecule has 1 heterocycles. The second-order valence-electron chi connectivity index (χ2n) is 5.89. The zero-order chi connectivity index (χ0) is 11.8. The number of rotatable bonds is 0. The Balaban J connectivity index is 2.15. The second-order valence-corrected chi connectivity index (χ2v) is 5.89. The van der Waals surface area contributed by atoms with Crippen LogP contribution in [0.2, 0.25) is 5.31 Å². The van der Waals surface area contributed by atoms with Crippen molar-refractivity contribution in [3.63, 3.8) is 0 Å². The zero-order valence-electron chi connectivity index (χ0n) is 10.9. The van der Waals surface area contributed by atoms with Gasteiger partial charge in [0.15, 0.2) is 0 Å². The Morgan fingerprint density at radius 2 is 2.19 bits per heavy atom. The van der Waals surface area contributed by atoms with Gasteiger partial charge in [0.25, 0.3) is 0 Å². The van der Waals surface area contributed by atoms with Crippen LogP contribution in [0.4, 0.5) is 0 Å². The number of hydrogen-bond acceptors (Lipinski definition) is 1. The van der Waals surface area contributed by atoms with E-state index in [0.29, 0.717) is 6.04 Å². The molecule has 0 aromatic carbocycles. The lowest BCUT2D eigenvalue weighted by molar-refractivity contribution is 0.235. The molecule has 0 spiro atoms. The van der Waals surface area contributed by atoms with Crippen LogP contribution in [0.3, 0.4) is 0 Å². The Bertz CT molecular complexity index is 286. The predicted octanol–water partition coefficient (Wildman–Crippen LogP) is 2.65. The van der Waals surface area contributed by atoms with E-state index < -0.39 is 0 Å². The molecule has 1 aliphatic carbocycles. The summed E-state index contributed by atoms with van der Waals surface area (Å²) in [4.78, 5) is 6.80. The lowest BCUT2D eigenvalue weighted by atomic mass is 9.60. The van der Waals surface area contributed by atoms with Gasteiger partial charge in [-0.15, -0.1) is 0 Å². The molecule has 2 rings (SSSR count). The maximum absolute atomic E-state index is 6.38. The van der Waals surface area contributed by atoms with Gasteiger partial charge in [0.1, 0.15) is 0 Å². The highest BCUT2D eigenvalue weighted by Crippen LogP contribution is 2.44. The molecule has 2 nitrogen and oxygen atoms in total. The Morgan fingerprint density at radius 1 is 1.44 bits per heavy atom. The molecular weight excluding hydrogens is 195 g/mol. The third-order valence-electron chi connectivity index (χ3n) is 4.38. The minimum atomic E-state index is 0.0351. The highest BCUT2D eigenvalue weighted by molar-refractivity contribution is 6.14. The van der Waals surface area contributed by atoms with Gasteiger partial charge in [-0.25, -0.2) is 0 Å². The number of hydrogen-bond donors (Lipinski definition) is 0. The molecule has 2 radical (unpaired) electrons. The quantitative estimate of drug-likeness (QED) is 0.570. The van der Waals surface area contributed by atoms with E-state index in [1.54, 1.807) is 0 Å². The van der Waals surface area contributed by atoms with Crippen molar-refractivity contribution in [2.45, 2.75) is 56.8 Å². The van der Waals surface area contributed by atoms with Crippen LogP contribution in [-0.4, -0.2) is 38.7 Å². The van der Waals surface area contributed by atoms with Crippen LogP contribution in [0.25, 0.3) is 0 Å². The average molecular weight is 218 g/mol. The first-order valence-electron chi connectivity index (χ1n) is 6.51. The minimum Gasteiger partial charge on any atom is -0.360 e. The van der Waals surface area contributed by atoms with E-state index in [0.717, 1.165) is 18.8 Å². The molecule has 1 aliphatic heterocycles. The fourth-order valence-electron chi connectivity index (χ4n) is 3.49. The average Bonchev–Trinajstić information content (AvgIpc) is 2.47. The van der Waals surface area contributed by atoms with Gasteiger partial charge in [0, 0.05) is 26.6 Å². The molecule has 0 amide bonds. The summed E-state index contributed by atoms with van der Waals surface area (Å²) in [6, 6.07) is 0.682. The standard InChI is InChI=1S/C13H23BN2/c1-13(14)7-5-4-6-11-10(9-13)8-12(15-2)16(11)3/h10-11H,4-9H2,1-3H3. The van der Waals surface area contributed by atoms with Crippen molar-refractivity contribution in [2.24, 2.45) is 10.9 Å². The fraction of sp³-hybridized carbons (Fsp3) is 0.923. The van der Waals surface area contributed by atoms with Crippen molar-refractivity contribution in [2.75, 3.05) is 14.1 Å². The molecule has 3 atom stereocenters. The summed E-state index contributed by atoms with van der Waals surface area (Å²) < 4.78 is 0. The molecule has 2 aliphatic rings. The molecule has 3 unspecified atom stereocenters. The first kappa shape index (κ1) is 12.0. The van der Waals surface area contributed by atoms with Gasteiger partial charge in [-0.05, 0) is 12.3 Å². The van der Waals surface area contributed by atoms with E-state index in [9.17, 15) is 0 Å². The Morgan fingerprint density at radius 3 is 2.88 bits per heavy atom. The first-order chi connectivity index (χ1) is 7.53. The minimum absolute atomic E-state index is 0.0351. The summed E-state index contributed by atoms with van der Waals surface area (Å²) in [5, 5.41) is 0.0351. The monoisotopic (exact) mass is 218 g/mol. The van der Waals surface area contributed by atoms with Crippen molar-refractivity contribution < 1.29 is 0 Å². The molecule has 0 aromatic heterocycles. The summed E-state index contributed by atoms with van der Waals surface area (Å²) in [6.07, 6.45) is 7.37. The highest BCUT2D eigenvalue weighted by Gasteiger charge is 2.39. The second kappa shape index (κ2) is 4.42. The van der Waals surface area contributed by atoms with Gasteiger partial charge < -0.3 is 4.90 Å². The third-order valence-corrected chi connectivity index (χ3v) is 4.38. The largest absolute Gasteiger partial charge is 0.360 e. The number of fused-ring (bicyclic) bond motifs is 1. The number of amidine groups is 1. The van der Waals surface area contributed by atoms with E-state index in [1.165, 1.54) is 31.5 Å². The predicted molar refractivity (Wildman–Crippen MR) is 70.2 cm³/mol. The molecule has 0 aromatic rings. The molecule has 0 bridgehead atoms. The Labute approximate surface area is 101 Å². The molecule has 1 saturated carbocycles. The van der Waals surface area contributed by atoms with Crippen molar-refractivity contribution in [1.29, 1.82) is 0 Å². The fourth-order valence-corrected chi connectivity index (χ4v) is 3.49. The summed E-state index contributed by atoms with van der Waals surface area (Å²) in [5.74, 6) is 1.99. The normalized spacial score (nSPS) is 42.9. The van der Waals surface area contributed by atoms with E-state index in [4.69, 9.17) is 7.85 Å². The van der Waals surface area contributed by atoms with Gasteiger partial charge >= 0.3 is 0 Å². The van der Waals surface area contributed by atoms with Crippen LogP contribution < -0.4 is 0 Å². The first-order valence-corrected chi connectivity index (χ1v) is 6.51. The van der Waals surface area contributed by atoms with Crippen molar-refractivity contribution in [3.8, 4) is 0 Å². The molecular formula is C13H23BN2. The van der Waals surface area contributed by atoms with E-state index in [1.807, 2.05) is 7.05 Å². The van der Waals surface area contributed by atoms with Crippen molar-refractivity contribution in [3.05, 3.63) is 0 Å². The van der Waals surface area contributed by atoms with Crippen LogP contribution in [0.5, 0.6) is 0 Å². The summed E-state index contributed by atoms with van der Waals surface area (Å²) in [5.41, 5.74) is 0. The van der Waals surface area contributed by atoms with E-state index in [2.05, 4.69) is 23.9 Å². The Hall–Kier alpha value is -0.465. The molecule has 1 saturated heterocycles. The number of aliphatic imine (C=N–C) groups is 1. The molecule has 2 fully saturated rings. The Kier molecular flexibility index (Phi) is 3.32.